The van der Waals surface area contributed by atoms with Crippen molar-refractivity contribution in [2.45, 2.75) is 13.8 Å². The van der Waals surface area contributed by atoms with Gasteiger partial charge in [0.15, 0.2) is 0 Å². The number of carbonyl (C=O) groups excluding carboxylic acids is 1. The van der Waals surface area contributed by atoms with Crippen molar-refractivity contribution in [3.05, 3.63) is 57.6 Å². The van der Waals surface area contributed by atoms with Crippen molar-refractivity contribution in [1.29, 1.82) is 0 Å². The van der Waals surface area contributed by atoms with Crippen LogP contribution in [0.15, 0.2) is 36.4 Å². The van der Waals surface area contributed by atoms with Gasteiger partial charge in [0.05, 0.1) is 17.3 Å². The molecule has 0 saturated heterocycles. The van der Waals surface area contributed by atoms with Gasteiger partial charge >= 0.3 is 0 Å². The Morgan fingerprint density at radius 3 is 2.43 bits per heavy atom. The van der Waals surface area contributed by atoms with Crippen molar-refractivity contribution < 1.29 is 4.79 Å². The number of hydrogen-bond donors (Lipinski definition) is 2. The fraction of sp³-hybridized carbons (Fsp3) is 0.188. The van der Waals surface area contributed by atoms with Crippen LogP contribution in [0.5, 0.6) is 0 Å². The fourth-order valence-corrected chi connectivity index (χ4v) is 2.43. The lowest BCUT2D eigenvalue weighted by atomic mass is 10.1. The van der Waals surface area contributed by atoms with Crippen LogP contribution in [0.2, 0.25) is 10.0 Å². The Hall–Kier alpha value is -1.71. The maximum absolute atomic E-state index is 11.9. The van der Waals surface area contributed by atoms with E-state index in [4.69, 9.17) is 23.2 Å². The standard InChI is InChI=1S/C16H16Cl2N2O/c1-10-3-5-14(11(2)7-10)19-9-16(21)20-15-6-4-12(17)8-13(15)18/h3-8,19H,9H2,1-2H3,(H,20,21). The zero-order valence-electron chi connectivity index (χ0n) is 11.8. The zero-order valence-corrected chi connectivity index (χ0v) is 13.3. The lowest BCUT2D eigenvalue weighted by Gasteiger charge is -2.11. The van der Waals surface area contributed by atoms with Crippen LogP contribution in [0, 0.1) is 13.8 Å². The Morgan fingerprint density at radius 1 is 1.05 bits per heavy atom. The van der Waals surface area contributed by atoms with Gasteiger partial charge in [-0.1, -0.05) is 40.9 Å². The maximum Gasteiger partial charge on any atom is 0.243 e. The quantitative estimate of drug-likeness (QED) is 0.859. The first-order valence-electron chi connectivity index (χ1n) is 6.52. The molecule has 0 aliphatic rings. The van der Waals surface area contributed by atoms with Crippen LogP contribution in [-0.4, -0.2) is 12.5 Å². The molecule has 2 N–H and O–H groups in total. The van der Waals surface area contributed by atoms with E-state index in [1.807, 2.05) is 26.0 Å². The first-order valence-corrected chi connectivity index (χ1v) is 7.27. The molecular formula is C16H16Cl2N2O. The molecule has 0 fully saturated rings. The maximum atomic E-state index is 11.9. The van der Waals surface area contributed by atoms with Crippen molar-refractivity contribution in [3.63, 3.8) is 0 Å². The van der Waals surface area contributed by atoms with Crippen LogP contribution in [0.3, 0.4) is 0 Å². The van der Waals surface area contributed by atoms with E-state index in [-0.39, 0.29) is 12.5 Å². The normalized spacial score (nSPS) is 10.3. The second kappa shape index (κ2) is 6.83. The largest absolute Gasteiger partial charge is 0.376 e. The van der Waals surface area contributed by atoms with Gasteiger partial charge in [-0.15, -0.1) is 0 Å². The SMILES string of the molecule is Cc1ccc(NCC(=O)Nc2ccc(Cl)cc2Cl)c(C)c1. The highest BCUT2D eigenvalue weighted by Gasteiger charge is 2.07. The summed E-state index contributed by atoms with van der Waals surface area (Å²) in [5.41, 5.74) is 3.79. The Balaban J connectivity index is 1.96. The Morgan fingerprint density at radius 2 is 1.76 bits per heavy atom. The third kappa shape index (κ3) is 4.38. The van der Waals surface area contributed by atoms with Gasteiger partial charge in [0.1, 0.15) is 0 Å². The van der Waals surface area contributed by atoms with Crippen LogP contribution >= 0.6 is 23.2 Å². The van der Waals surface area contributed by atoms with E-state index in [2.05, 4.69) is 16.7 Å². The van der Waals surface area contributed by atoms with Crippen molar-refractivity contribution in [2.24, 2.45) is 0 Å². The van der Waals surface area contributed by atoms with Gasteiger partial charge in [0.2, 0.25) is 5.91 Å². The lowest BCUT2D eigenvalue weighted by molar-refractivity contribution is -0.114. The molecule has 0 bridgehead atoms. The Bertz CT molecular complexity index is 671. The molecule has 21 heavy (non-hydrogen) atoms. The van der Waals surface area contributed by atoms with Gasteiger partial charge in [-0.2, -0.15) is 0 Å². The van der Waals surface area contributed by atoms with E-state index in [1.165, 1.54) is 5.56 Å². The molecule has 0 aliphatic heterocycles. The van der Waals surface area contributed by atoms with Gasteiger partial charge in [-0.05, 0) is 43.7 Å². The van der Waals surface area contributed by atoms with Crippen molar-refractivity contribution in [1.82, 2.24) is 0 Å². The highest BCUT2D eigenvalue weighted by Crippen LogP contribution is 2.25. The fourth-order valence-electron chi connectivity index (χ4n) is 1.97. The summed E-state index contributed by atoms with van der Waals surface area (Å²) < 4.78 is 0. The smallest absolute Gasteiger partial charge is 0.243 e. The summed E-state index contributed by atoms with van der Waals surface area (Å²) in [7, 11) is 0. The average Bonchev–Trinajstić information content (AvgIpc) is 2.41. The van der Waals surface area contributed by atoms with Gasteiger partial charge < -0.3 is 10.6 Å². The number of halogens is 2. The Labute approximate surface area is 134 Å². The lowest BCUT2D eigenvalue weighted by Crippen LogP contribution is -2.22. The average molecular weight is 323 g/mol. The first kappa shape index (κ1) is 15.7. The highest BCUT2D eigenvalue weighted by molar-refractivity contribution is 6.36. The summed E-state index contributed by atoms with van der Waals surface area (Å²) in [5, 5.41) is 6.81. The van der Waals surface area contributed by atoms with E-state index in [0.29, 0.717) is 15.7 Å². The first-order chi connectivity index (χ1) is 9.95. The molecule has 5 heteroatoms. The van der Waals surface area contributed by atoms with E-state index in [0.717, 1.165) is 11.3 Å². The van der Waals surface area contributed by atoms with E-state index < -0.39 is 0 Å². The van der Waals surface area contributed by atoms with Gasteiger partial charge in [0.25, 0.3) is 0 Å². The summed E-state index contributed by atoms with van der Waals surface area (Å²) >= 11 is 11.8. The van der Waals surface area contributed by atoms with E-state index >= 15 is 0 Å². The number of nitrogens with one attached hydrogen (secondary N) is 2. The molecule has 0 heterocycles. The molecule has 0 unspecified atom stereocenters. The minimum Gasteiger partial charge on any atom is -0.376 e. The second-order valence-corrected chi connectivity index (χ2v) is 5.69. The monoisotopic (exact) mass is 322 g/mol. The molecule has 0 radical (unpaired) electrons. The molecule has 110 valence electrons. The topological polar surface area (TPSA) is 41.1 Å². The summed E-state index contributed by atoms with van der Waals surface area (Å²) in [6.07, 6.45) is 0. The number of rotatable bonds is 4. The van der Waals surface area contributed by atoms with E-state index in [1.54, 1.807) is 18.2 Å². The molecule has 2 aromatic rings. The van der Waals surface area contributed by atoms with Gasteiger partial charge in [0, 0.05) is 10.7 Å². The molecule has 3 nitrogen and oxygen atoms in total. The highest BCUT2D eigenvalue weighted by atomic mass is 35.5. The van der Waals surface area contributed by atoms with Crippen LogP contribution < -0.4 is 10.6 Å². The molecule has 2 aromatic carbocycles. The number of anilines is 2. The zero-order chi connectivity index (χ0) is 15.4. The molecule has 0 aliphatic carbocycles. The number of hydrogen-bond acceptors (Lipinski definition) is 2. The third-order valence-electron chi connectivity index (χ3n) is 3.03. The third-order valence-corrected chi connectivity index (χ3v) is 3.57. The number of aryl methyl sites for hydroxylation is 2. The van der Waals surface area contributed by atoms with E-state index in [9.17, 15) is 4.79 Å². The second-order valence-electron chi connectivity index (χ2n) is 4.84. The van der Waals surface area contributed by atoms with Crippen molar-refractivity contribution in [3.8, 4) is 0 Å². The Kier molecular flexibility index (Phi) is 5.10. The molecular weight excluding hydrogens is 307 g/mol. The number of amides is 1. The predicted octanol–water partition coefficient (Wildman–Crippen LogP) is 4.66. The van der Waals surface area contributed by atoms with Crippen molar-refractivity contribution >= 4 is 40.5 Å². The number of benzene rings is 2. The molecule has 0 spiro atoms. The molecule has 2 rings (SSSR count). The minimum atomic E-state index is -0.167. The van der Waals surface area contributed by atoms with Crippen LogP contribution in [0.25, 0.3) is 0 Å². The molecule has 0 saturated carbocycles. The molecule has 1 amide bonds. The van der Waals surface area contributed by atoms with Crippen LogP contribution in [-0.2, 0) is 4.79 Å². The molecule has 0 aromatic heterocycles. The van der Waals surface area contributed by atoms with Gasteiger partial charge in [-0.3, -0.25) is 4.79 Å². The summed E-state index contributed by atoms with van der Waals surface area (Å²) in [6.45, 7) is 4.21. The van der Waals surface area contributed by atoms with Gasteiger partial charge in [-0.25, -0.2) is 0 Å². The summed E-state index contributed by atoms with van der Waals surface area (Å²) in [6, 6.07) is 11.0. The van der Waals surface area contributed by atoms with Crippen LogP contribution in [0.1, 0.15) is 11.1 Å². The molecule has 0 atom stereocenters. The van der Waals surface area contributed by atoms with Crippen molar-refractivity contribution in [2.75, 3.05) is 17.2 Å². The minimum absolute atomic E-state index is 0.167. The predicted molar refractivity (Wildman–Crippen MR) is 89.5 cm³/mol. The van der Waals surface area contributed by atoms with Crippen LogP contribution in [0.4, 0.5) is 11.4 Å². The summed E-state index contributed by atoms with van der Waals surface area (Å²) in [5.74, 6) is -0.167. The summed E-state index contributed by atoms with van der Waals surface area (Å²) in [4.78, 5) is 11.9. The number of carbonyl (C=O) groups is 1.